The third-order valence-electron chi connectivity index (χ3n) is 1.65. The van der Waals surface area contributed by atoms with E-state index >= 15 is 0 Å². The Kier molecular flexibility index (Phi) is 13.8. The van der Waals surface area contributed by atoms with Gasteiger partial charge in [0.05, 0.1) is 52.9 Å². The van der Waals surface area contributed by atoms with Gasteiger partial charge in [0, 0.05) is 29.2 Å². The lowest BCUT2D eigenvalue weighted by Crippen LogP contribution is -2.12. The summed E-state index contributed by atoms with van der Waals surface area (Å²) in [4.78, 5) is 0. The van der Waals surface area contributed by atoms with Gasteiger partial charge in [-0.3, -0.25) is 4.57 Å². The lowest BCUT2D eigenvalue weighted by molar-refractivity contribution is 0.000521. The molecule has 0 rings (SSSR count). The van der Waals surface area contributed by atoms with Crippen LogP contribution in [0.4, 0.5) is 0 Å². The molecule has 9 heteroatoms. The molecule has 0 saturated carbocycles. The van der Waals surface area contributed by atoms with Gasteiger partial charge in [-0.25, -0.2) is 0 Å². The maximum absolute atomic E-state index is 10.9. The van der Waals surface area contributed by atoms with Crippen molar-refractivity contribution in [3.63, 3.8) is 0 Å². The van der Waals surface area contributed by atoms with Crippen LogP contribution in [0.15, 0.2) is 0 Å². The summed E-state index contributed by atoms with van der Waals surface area (Å²) in [6.45, 7) is 3.71. The fourth-order valence-electron chi connectivity index (χ4n) is 0.887. The van der Waals surface area contributed by atoms with Crippen LogP contribution in [0, 0.1) is 0 Å². The van der Waals surface area contributed by atoms with Gasteiger partial charge in [-0.1, -0.05) is 0 Å². The molecule has 0 aromatic rings. The Morgan fingerprint density at radius 1 is 0.889 bits per heavy atom. The number of halogens is 2. The average Bonchev–Trinajstić information content (AvgIpc) is 2.29. The minimum Gasteiger partial charge on any atom is -0.382 e. The smallest absolute Gasteiger partial charge is 0.347 e. The number of methoxy groups -OCH3 is 1. The number of ether oxygens (including phenoxy) is 4. The number of hydrogen-bond donors (Lipinski definition) is 0. The van der Waals surface area contributed by atoms with E-state index < -0.39 is 4.36 Å². The molecule has 0 aliphatic rings. The molecule has 0 amide bonds. The third-order valence-corrected chi connectivity index (χ3v) is 3.26. The quantitative estimate of drug-likeness (QED) is 0.261. The number of rotatable bonds is 13. The second-order valence-electron chi connectivity index (χ2n) is 3.08. The van der Waals surface area contributed by atoms with E-state index in [1.165, 1.54) is 0 Å². The molecule has 0 radical (unpaired) electrons. The van der Waals surface area contributed by atoms with Crippen LogP contribution >= 0.6 is 37.6 Å². The van der Waals surface area contributed by atoms with Gasteiger partial charge in [-0.05, 0) is 11.2 Å². The van der Waals surface area contributed by atoms with Crippen molar-refractivity contribution in [2.75, 3.05) is 60.0 Å². The molecule has 0 aliphatic heterocycles. The molecule has 0 saturated heterocycles. The molecule has 0 bridgehead atoms. The van der Waals surface area contributed by atoms with Crippen molar-refractivity contribution in [1.29, 1.82) is 0 Å². The first kappa shape index (κ1) is 19.1. The first-order valence-corrected chi connectivity index (χ1v) is 10.7. The Morgan fingerprint density at radius 2 is 1.28 bits per heavy atom. The Balaban J connectivity index is 3.01. The first-order chi connectivity index (χ1) is 8.56. The lowest BCUT2D eigenvalue weighted by Gasteiger charge is -2.07. The third kappa shape index (κ3) is 17.1. The SMILES string of the molecule is COCCOCCOCCOCCOP(=O)(Cl)I. The highest BCUT2D eigenvalue weighted by Gasteiger charge is 2.11. The number of hydrogen-bond acceptors (Lipinski definition) is 6. The van der Waals surface area contributed by atoms with Crippen LogP contribution in [0.3, 0.4) is 0 Å². The molecular weight excluding hydrogens is 397 g/mol. The van der Waals surface area contributed by atoms with Gasteiger partial charge in [-0.15, -0.1) is 0 Å². The normalized spacial score (nSPS) is 14.6. The van der Waals surface area contributed by atoms with Crippen LogP contribution < -0.4 is 0 Å². The zero-order chi connectivity index (χ0) is 13.7. The summed E-state index contributed by atoms with van der Waals surface area (Å²) < 4.78 is 33.3. The molecule has 0 aromatic heterocycles. The topological polar surface area (TPSA) is 63.2 Å². The summed E-state index contributed by atoms with van der Waals surface area (Å²) in [5.41, 5.74) is 0. The highest BCUT2D eigenvalue weighted by Crippen LogP contribution is 2.60. The van der Waals surface area contributed by atoms with E-state index in [0.717, 1.165) is 0 Å². The van der Waals surface area contributed by atoms with Gasteiger partial charge >= 0.3 is 4.36 Å². The van der Waals surface area contributed by atoms with E-state index in [4.69, 9.17) is 34.7 Å². The Hall–Kier alpha value is 1.05. The van der Waals surface area contributed by atoms with Gasteiger partial charge in [0.15, 0.2) is 0 Å². The van der Waals surface area contributed by atoms with E-state index in [1.807, 2.05) is 0 Å². The summed E-state index contributed by atoms with van der Waals surface area (Å²) >= 11 is 6.95. The molecule has 0 aliphatic carbocycles. The van der Waals surface area contributed by atoms with Crippen molar-refractivity contribution in [2.45, 2.75) is 0 Å². The van der Waals surface area contributed by atoms with Crippen LogP contribution in [-0.4, -0.2) is 60.0 Å². The molecule has 18 heavy (non-hydrogen) atoms. The largest absolute Gasteiger partial charge is 0.382 e. The summed E-state index contributed by atoms with van der Waals surface area (Å²) in [7, 11) is 1.63. The van der Waals surface area contributed by atoms with Crippen molar-refractivity contribution in [2.24, 2.45) is 0 Å². The lowest BCUT2D eigenvalue weighted by atomic mass is 10.7. The monoisotopic (exact) mass is 416 g/mol. The van der Waals surface area contributed by atoms with Crippen LogP contribution in [0.1, 0.15) is 0 Å². The van der Waals surface area contributed by atoms with E-state index in [2.05, 4.69) is 0 Å². The van der Waals surface area contributed by atoms with Gasteiger partial charge in [0.1, 0.15) is 0 Å². The molecule has 0 fully saturated rings. The van der Waals surface area contributed by atoms with Crippen LogP contribution in [0.25, 0.3) is 0 Å². The van der Waals surface area contributed by atoms with E-state index in [-0.39, 0.29) is 6.61 Å². The minimum atomic E-state index is -2.94. The molecule has 0 N–H and O–H groups in total. The van der Waals surface area contributed by atoms with E-state index in [1.54, 1.807) is 29.2 Å². The van der Waals surface area contributed by atoms with Crippen LogP contribution in [0.2, 0.25) is 0 Å². The average molecular weight is 417 g/mol. The minimum absolute atomic E-state index is 0.212. The summed E-state index contributed by atoms with van der Waals surface area (Å²) in [6.07, 6.45) is 0. The Bertz CT molecular complexity index is 227. The Morgan fingerprint density at radius 3 is 1.67 bits per heavy atom. The maximum Gasteiger partial charge on any atom is 0.347 e. The molecule has 6 nitrogen and oxygen atoms in total. The standard InChI is InChI=1S/C9H19ClIO6P/c1-13-2-3-14-4-5-15-6-7-16-8-9-17-18(10,11)12/h2-9H2,1H3. The van der Waals surface area contributed by atoms with Gasteiger partial charge < -0.3 is 23.5 Å². The summed E-state index contributed by atoms with van der Waals surface area (Å²) in [6, 6.07) is 0. The zero-order valence-electron chi connectivity index (χ0n) is 10.3. The van der Waals surface area contributed by atoms with Crippen molar-refractivity contribution >= 4 is 37.6 Å². The maximum atomic E-state index is 10.9. The molecule has 1 unspecified atom stereocenters. The van der Waals surface area contributed by atoms with Gasteiger partial charge in [0.25, 0.3) is 0 Å². The zero-order valence-corrected chi connectivity index (χ0v) is 14.1. The fourth-order valence-corrected chi connectivity index (χ4v) is 1.97. The van der Waals surface area contributed by atoms with E-state index in [9.17, 15) is 4.57 Å². The fraction of sp³-hybridized carbons (Fsp3) is 1.00. The second kappa shape index (κ2) is 13.1. The van der Waals surface area contributed by atoms with Crippen LogP contribution in [-0.2, 0) is 28.0 Å². The molecular formula is C9H19ClIO6P. The van der Waals surface area contributed by atoms with Crippen molar-refractivity contribution < 1.29 is 28.0 Å². The predicted molar refractivity (Wildman–Crippen MR) is 77.8 cm³/mol. The van der Waals surface area contributed by atoms with Gasteiger partial charge in [-0.2, -0.15) is 0 Å². The van der Waals surface area contributed by atoms with Crippen LogP contribution in [0.5, 0.6) is 0 Å². The van der Waals surface area contributed by atoms with E-state index in [0.29, 0.717) is 46.2 Å². The highest BCUT2D eigenvalue weighted by atomic mass is 127. The summed E-state index contributed by atoms with van der Waals surface area (Å²) in [5.74, 6) is 0. The Labute approximate surface area is 125 Å². The molecule has 0 aromatic carbocycles. The molecule has 110 valence electrons. The molecule has 1 atom stereocenters. The van der Waals surface area contributed by atoms with Gasteiger partial charge in [0.2, 0.25) is 0 Å². The van der Waals surface area contributed by atoms with Crippen molar-refractivity contribution in [3.8, 4) is 0 Å². The first-order valence-electron chi connectivity index (χ1n) is 5.42. The second-order valence-corrected chi connectivity index (χ2v) is 11.0. The van der Waals surface area contributed by atoms with Crippen molar-refractivity contribution in [1.82, 2.24) is 0 Å². The molecule has 0 spiro atoms. The van der Waals surface area contributed by atoms with Crippen molar-refractivity contribution in [3.05, 3.63) is 0 Å². The highest BCUT2D eigenvalue weighted by molar-refractivity contribution is 14.2. The molecule has 0 heterocycles. The predicted octanol–water partition coefficient (Wildman–Crippen LogP) is 2.48. The summed E-state index contributed by atoms with van der Waals surface area (Å²) in [5, 5.41) is 0.